The van der Waals surface area contributed by atoms with Gasteiger partial charge in [0.15, 0.2) is 0 Å². The number of rotatable bonds is 10. The third-order valence-electron chi connectivity index (χ3n) is 5.56. The molecule has 0 aliphatic heterocycles. The lowest BCUT2D eigenvalue weighted by Crippen LogP contribution is -2.36. The Labute approximate surface area is 179 Å². The largest absolute Gasteiger partial charge is 0.460 e. The van der Waals surface area contributed by atoms with Crippen LogP contribution in [0.4, 0.5) is 0 Å². The molecule has 162 valence electrons. The van der Waals surface area contributed by atoms with Crippen molar-refractivity contribution in [3.8, 4) is 0 Å². The second-order valence-corrected chi connectivity index (χ2v) is 9.72. The minimum absolute atomic E-state index is 0.207. The van der Waals surface area contributed by atoms with E-state index in [0.717, 1.165) is 42.4 Å². The molecule has 0 heterocycles. The molecular formula is C24H31NO4S. The smallest absolute Gasteiger partial charge is 0.306 e. The van der Waals surface area contributed by atoms with E-state index in [9.17, 15) is 13.2 Å². The third kappa shape index (κ3) is 5.70. The summed E-state index contributed by atoms with van der Waals surface area (Å²) < 4.78 is 34.5. The lowest BCUT2D eigenvalue weighted by molar-refractivity contribution is -0.150. The molecule has 5 nitrogen and oxygen atoms in total. The minimum atomic E-state index is -3.74. The van der Waals surface area contributed by atoms with Crippen molar-refractivity contribution >= 4 is 16.0 Å². The molecule has 6 heteroatoms. The van der Waals surface area contributed by atoms with Crippen LogP contribution in [0.5, 0.6) is 0 Å². The van der Waals surface area contributed by atoms with Gasteiger partial charge in [-0.05, 0) is 36.6 Å². The maximum Gasteiger partial charge on any atom is 0.306 e. The highest BCUT2D eigenvalue weighted by molar-refractivity contribution is 7.89. The van der Waals surface area contributed by atoms with Crippen molar-refractivity contribution in [3.05, 3.63) is 65.2 Å². The lowest BCUT2D eigenvalue weighted by Gasteiger charge is -2.22. The SMILES string of the molecule is CCCCCCCC(=O)OC1Cc2ccccc2C1NS(=O)(=O)c1ccc(C)cc1. The molecule has 2 unspecified atom stereocenters. The number of sulfonamides is 1. The van der Waals surface area contributed by atoms with Crippen molar-refractivity contribution in [2.45, 2.75) is 75.8 Å². The van der Waals surface area contributed by atoms with Gasteiger partial charge in [-0.1, -0.05) is 74.6 Å². The quantitative estimate of drug-likeness (QED) is 0.433. The van der Waals surface area contributed by atoms with E-state index in [0.29, 0.717) is 12.8 Å². The average molecular weight is 430 g/mol. The Kier molecular flexibility index (Phi) is 7.67. The Morgan fingerprint density at radius 3 is 2.47 bits per heavy atom. The maximum atomic E-state index is 13.0. The van der Waals surface area contributed by atoms with Crippen LogP contribution in [0.25, 0.3) is 0 Å². The molecule has 0 amide bonds. The summed E-state index contributed by atoms with van der Waals surface area (Å²) >= 11 is 0. The number of hydrogen-bond acceptors (Lipinski definition) is 4. The first-order chi connectivity index (χ1) is 14.4. The van der Waals surface area contributed by atoms with Crippen molar-refractivity contribution < 1.29 is 17.9 Å². The Morgan fingerprint density at radius 1 is 1.03 bits per heavy atom. The van der Waals surface area contributed by atoms with Gasteiger partial charge >= 0.3 is 5.97 Å². The third-order valence-corrected chi connectivity index (χ3v) is 7.02. The Hall–Kier alpha value is -2.18. The van der Waals surface area contributed by atoms with Crippen LogP contribution in [-0.4, -0.2) is 20.5 Å². The van der Waals surface area contributed by atoms with E-state index in [4.69, 9.17) is 4.74 Å². The second-order valence-electron chi connectivity index (χ2n) is 8.01. The first-order valence-corrected chi connectivity index (χ1v) is 12.3. The molecule has 3 rings (SSSR count). The highest BCUT2D eigenvalue weighted by atomic mass is 32.2. The maximum absolute atomic E-state index is 13.0. The topological polar surface area (TPSA) is 72.5 Å². The summed E-state index contributed by atoms with van der Waals surface area (Å²) in [4.78, 5) is 12.6. The van der Waals surface area contributed by atoms with Crippen LogP contribution in [0.1, 0.15) is 68.2 Å². The number of nitrogens with one attached hydrogen (secondary N) is 1. The summed E-state index contributed by atoms with van der Waals surface area (Å²) in [6, 6.07) is 13.8. The highest BCUT2D eigenvalue weighted by Gasteiger charge is 2.37. The summed E-state index contributed by atoms with van der Waals surface area (Å²) in [5, 5.41) is 0. The normalized spacial score (nSPS) is 18.2. The van der Waals surface area contributed by atoms with Crippen molar-refractivity contribution in [3.63, 3.8) is 0 Å². The molecule has 2 aromatic rings. The van der Waals surface area contributed by atoms with Gasteiger partial charge in [-0.3, -0.25) is 4.79 Å². The fourth-order valence-electron chi connectivity index (χ4n) is 3.86. The predicted octanol–water partition coefficient (Wildman–Crippen LogP) is 4.84. The Balaban J connectivity index is 1.70. The molecule has 0 spiro atoms. The van der Waals surface area contributed by atoms with Crippen molar-refractivity contribution in [1.82, 2.24) is 4.72 Å². The van der Waals surface area contributed by atoms with Gasteiger partial charge in [0.2, 0.25) is 10.0 Å². The highest BCUT2D eigenvalue weighted by Crippen LogP contribution is 2.35. The zero-order valence-electron chi connectivity index (χ0n) is 17.8. The molecule has 0 saturated carbocycles. The van der Waals surface area contributed by atoms with Gasteiger partial charge < -0.3 is 4.74 Å². The zero-order chi connectivity index (χ0) is 21.6. The molecule has 1 aliphatic rings. The predicted molar refractivity (Wildman–Crippen MR) is 118 cm³/mol. The van der Waals surface area contributed by atoms with Crippen molar-refractivity contribution in [2.75, 3.05) is 0 Å². The van der Waals surface area contributed by atoms with Gasteiger partial charge in [-0.15, -0.1) is 0 Å². The summed E-state index contributed by atoms with van der Waals surface area (Å²) in [7, 11) is -3.74. The summed E-state index contributed by atoms with van der Waals surface area (Å²) in [5.74, 6) is -0.260. The van der Waals surface area contributed by atoms with E-state index in [-0.39, 0.29) is 10.9 Å². The van der Waals surface area contributed by atoms with Crippen LogP contribution < -0.4 is 4.72 Å². The number of carbonyl (C=O) groups excluding carboxylic acids is 1. The van der Waals surface area contributed by atoms with Crippen molar-refractivity contribution in [1.29, 1.82) is 0 Å². The summed E-state index contributed by atoms with van der Waals surface area (Å²) in [6.07, 6.45) is 5.62. The van der Waals surface area contributed by atoms with Crippen LogP contribution in [-0.2, 0) is 26.0 Å². The van der Waals surface area contributed by atoms with Gasteiger partial charge in [-0.25, -0.2) is 8.42 Å². The van der Waals surface area contributed by atoms with Crippen LogP contribution in [0.2, 0.25) is 0 Å². The number of fused-ring (bicyclic) bond motifs is 1. The average Bonchev–Trinajstić information content (AvgIpc) is 3.04. The number of esters is 1. The molecule has 0 radical (unpaired) electrons. The van der Waals surface area contributed by atoms with E-state index in [1.165, 1.54) is 6.42 Å². The van der Waals surface area contributed by atoms with E-state index in [1.807, 2.05) is 31.2 Å². The minimum Gasteiger partial charge on any atom is -0.460 e. The summed E-state index contributed by atoms with van der Waals surface area (Å²) in [6.45, 7) is 4.07. The van der Waals surface area contributed by atoms with Crippen molar-refractivity contribution in [2.24, 2.45) is 0 Å². The molecule has 2 aromatic carbocycles. The fraction of sp³-hybridized carbons (Fsp3) is 0.458. The van der Waals surface area contributed by atoms with Gasteiger partial charge in [0, 0.05) is 12.8 Å². The van der Waals surface area contributed by atoms with E-state index >= 15 is 0 Å². The first-order valence-electron chi connectivity index (χ1n) is 10.8. The van der Waals surface area contributed by atoms with Gasteiger partial charge in [0.05, 0.1) is 10.9 Å². The van der Waals surface area contributed by atoms with Crippen LogP contribution >= 0.6 is 0 Å². The monoisotopic (exact) mass is 429 g/mol. The second kappa shape index (κ2) is 10.2. The summed E-state index contributed by atoms with van der Waals surface area (Å²) in [5.41, 5.74) is 2.87. The molecule has 0 fully saturated rings. The number of benzene rings is 2. The number of hydrogen-bond donors (Lipinski definition) is 1. The van der Waals surface area contributed by atoms with E-state index in [1.54, 1.807) is 24.3 Å². The standard InChI is InChI=1S/C24H31NO4S/c1-3-4-5-6-7-12-23(26)29-22-17-19-10-8-9-11-21(19)24(22)25-30(27,28)20-15-13-18(2)14-16-20/h8-11,13-16,22,24-25H,3-7,12,17H2,1-2H3. The van der Waals surface area contributed by atoms with Crippen LogP contribution in [0.3, 0.4) is 0 Å². The molecule has 0 aromatic heterocycles. The number of unbranched alkanes of at least 4 members (excludes halogenated alkanes) is 4. The molecule has 0 saturated heterocycles. The molecule has 2 atom stereocenters. The number of aryl methyl sites for hydroxylation is 1. The van der Waals surface area contributed by atoms with Gasteiger partial charge in [-0.2, -0.15) is 4.72 Å². The first kappa shape index (κ1) is 22.5. The van der Waals surface area contributed by atoms with Gasteiger partial charge in [0.25, 0.3) is 0 Å². The Morgan fingerprint density at radius 2 is 1.73 bits per heavy atom. The Bertz CT molecular complexity index is 953. The molecule has 1 N–H and O–H groups in total. The molecule has 1 aliphatic carbocycles. The molecular weight excluding hydrogens is 398 g/mol. The lowest BCUT2D eigenvalue weighted by atomic mass is 10.1. The number of carbonyl (C=O) groups is 1. The van der Waals surface area contributed by atoms with Crippen LogP contribution in [0.15, 0.2) is 53.4 Å². The zero-order valence-corrected chi connectivity index (χ0v) is 18.6. The molecule has 30 heavy (non-hydrogen) atoms. The van der Waals surface area contributed by atoms with E-state index < -0.39 is 22.2 Å². The van der Waals surface area contributed by atoms with Crippen LogP contribution in [0, 0.1) is 6.92 Å². The van der Waals surface area contributed by atoms with E-state index in [2.05, 4.69) is 11.6 Å². The number of ether oxygens (including phenoxy) is 1. The molecule has 0 bridgehead atoms. The fourth-order valence-corrected chi connectivity index (χ4v) is 5.10. The van der Waals surface area contributed by atoms with Gasteiger partial charge in [0.1, 0.15) is 6.10 Å².